The first kappa shape index (κ1) is 30.3. The molecule has 0 radical (unpaired) electrons. The highest BCUT2D eigenvalue weighted by Gasteiger charge is 2.18. The molecule has 2 unspecified atom stereocenters. The van der Waals surface area contributed by atoms with Crippen molar-refractivity contribution in [1.82, 2.24) is 0 Å². The lowest BCUT2D eigenvalue weighted by molar-refractivity contribution is -0.134. The summed E-state index contributed by atoms with van der Waals surface area (Å²) in [5.74, 6) is 0.174. The first-order chi connectivity index (χ1) is 16.7. The van der Waals surface area contributed by atoms with Gasteiger partial charge in [-0.3, -0.25) is 9.59 Å². The number of benzene rings is 2. The summed E-state index contributed by atoms with van der Waals surface area (Å²) >= 11 is 35.8. The summed E-state index contributed by atoms with van der Waals surface area (Å²) in [4.78, 5) is 23.8. The monoisotopic (exact) mass is 600 g/mol. The van der Waals surface area contributed by atoms with Gasteiger partial charge in [-0.2, -0.15) is 0 Å². The van der Waals surface area contributed by atoms with E-state index in [9.17, 15) is 9.59 Å². The molecule has 192 valence electrons. The lowest BCUT2D eigenvalue weighted by Crippen LogP contribution is -2.21. The van der Waals surface area contributed by atoms with Gasteiger partial charge in [-0.25, -0.2) is 0 Å². The minimum Gasteiger partial charge on any atom is -0.425 e. The molecule has 0 amide bonds. The fraction of sp³-hybridized carbons (Fsp3) is 0.440. The number of hydrogen-bond donors (Lipinski definition) is 0. The maximum absolute atomic E-state index is 11.9. The Morgan fingerprint density at radius 1 is 0.686 bits per heavy atom. The minimum atomic E-state index is -0.787. The van der Waals surface area contributed by atoms with Crippen LogP contribution < -0.4 is 9.47 Å². The second-order valence-corrected chi connectivity index (χ2v) is 10.4. The standard InChI is InChI=1S/C25H26Cl6O4/c26-12-10-20(28)24(32)34-18-8-6-16(22(30)14-18)4-2-1-3-5-17-7-9-19(15-23(17)31)35-25(33)21(29)11-13-27/h6-9,14-15,20-21H,1-5,10-13H2. The highest BCUT2D eigenvalue weighted by atomic mass is 35.5. The van der Waals surface area contributed by atoms with Gasteiger partial charge in [0.2, 0.25) is 0 Å². The van der Waals surface area contributed by atoms with Crippen LogP contribution >= 0.6 is 69.6 Å². The Morgan fingerprint density at radius 2 is 1.09 bits per heavy atom. The summed E-state index contributed by atoms with van der Waals surface area (Å²) in [6.07, 6.45) is 5.09. The van der Waals surface area contributed by atoms with Crippen LogP contribution in [-0.4, -0.2) is 34.5 Å². The number of alkyl halides is 4. The molecule has 0 aliphatic rings. The highest BCUT2D eigenvalue weighted by molar-refractivity contribution is 6.32. The fourth-order valence-corrected chi connectivity index (χ4v) is 4.68. The van der Waals surface area contributed by atoms with Gasteiger partial charge in [-0.1, -0.05) is 41.8 Å². The van der Waals surface area contributed by atoms with E-state index in [1.807, 2.05) is 12.1 Å². The van der Waals surface area contributed by atoms with Crippen molar-refractivity contribution in [3.05, 3.63) is 57.6 Å². The van der Waals surface area contributed by atoms with E-state index in [0.717, 1.165) is 43.2 Å². The molecule has 35 heavy (non-hydrogen) atoms. The zero-order chi connectivity index (χ0) is 25.8. The zero-order valence-electron chi connectivity index (χ0n) is 18.9. The Kier molecular flexibility index (Phi) is 13.9. The molecule has 0 N–H and O–H groups in total. The van der Waals surface area contributed by atoms with E-state index in [0.29, 0.717) is 34.4 Å². The van der Waals surface area contributed by atoms with E-state index in [4.69, 9.17) is 79.1 Å². The van der Waals surface area contributed by atoms with Crippen molar-refractivity contribution < 1.29 is 19.1 Å². The van der Waals surface area contributed by atoms with E-state index >= 15 is 0 Å². The molecule has 2 aromatic carbocycles. The zero-order valence-corrected chi connectivity index (χ0v) is 23.4. The van der Waals surface area contributed by atoms with Crippen LogP contribution in [0.5, 0.6) is 11.5 Å². The van der Waals surface area contributed by atoms with Crippen LogP contribution in [0.2, 0.25) is 10.0 Å². The third-order valence-electron chi connectivity index (χ3n) is 5.11. The summed E-state index contributed by atoms with van der Waals surface area (Å²) < 4.78 is 10.5. The average Bonchev–Trinajstić information content (AvgIpc) is 2.81. The highest BCUT2D eigenvalue weighted by Crippen LogP contribution is 2.27. The third kappa shape index (κ3) is 10.6. The van der Waals surface area contributed by atoms with Crippen LogP contribution in [0.4, 0.5) is 0 Å². The molecule has 0 heterocycles. The molecule has 4 nitrogen and oxygen atoms in total. The molecule has 0 saturated carbocycles. The summed E-state index contributed by atoms with van der Waals surface area (Å²) in [5, 5.41) is -0.496. The lowest BCUT2D eigenvalue weighted by atomic mass is 10.0. The van der Waals surface area contributed by atoms with Crippen LogP contribution in [-0.2, 0) is 22.4 Å². The first-order valence-corrected chi connectivity index (χ1v) is 13.8. The number of halogens is 6. The molecule has 10 heteroatoms. The lowest BCUT2D eigenvalue weighted by Gasteiger charge is -2.11. The molecule has 0 aliphatic carbocycles. The Hall–Kier alpha value is -0.880. The second kappa shape index (κ2) is 16.1. The summed E-state index contributed by atoms with van der Waals surface area (Å²) in [5.41, 5.74) is 1.95. The smallest absolute Gasteiger partial charge is 0.329 e. The number of ether oxygens (including phenoxy) is 2. The van der Waals surface area contributed by atoms with Crippen LogP contribution in [0.15, 0.2) is 36.4 Å². The first-order valence-electron chi connectivity index (χ1n) is 11.2. The van der Waals surface area contributed by atoms with Crippen molar-refractivity contribution in [2.24, 2.45) is 0 Å². The van der Waals surface area contributed by atoms with Gasteiger partial charge in [0.05, 0.1) is 0 Å². The maximum Gasteiger partial charge on any atom is 0.329 e. The van der Waals surface area contributed by atoms with Crippen LogP contribution in [0.1, 0.15) is 43.2 Å². The molecule has 0 fully saturated rings. The van der Waals surface area contributed by atoms with Crippen molar-refractivity contribution in [2.75, 3.05) is 11.8 Å². The quantitative estimate of drug-likeness (QED) is 0.0946. The van der Waals surface area contributed by atoms with Gasteiger partial charge in [-0.05, 0) is 73.9 Å². The molecular formula is C25H26Cl6O4. The van der Waals surface area contributed by atoms with Gasteiger partial charge in [0.15, 0.2) is 0 Å². The van der Waals surface area contributed by atoms with Crippen molar-refractivity contribution in [2.45, 2.75) is 55.7 Å². The molecular weight excluding hydrogens is 577 g/mol. The van der Waals surface area contributed by atoms with Crippen molar-refractivity contribution in [1.29, 1.82) is 0 Å². The number of esters is 2. The van der Waals surface area contributed by atoms with E-state index in [1.165, 1.54) is 0 Å². The molecule has 0 spiro atoms. The number of hydrogen-bond acceptors (Lipinski definition) is 4. The Balaban J connectivity index is 1.77. The van der Waals surface area contributed by atoms with E-state index in [1.54, 1.807) is 24.3 Å². The van der Waals surface area contributed by atoms with Gasteiger partial charge in [-0.15, -0.1) is 46.4 Å². The van der Waals surface area contributed by atoms with Crippen LogP contribution in [0.25, 0.3) is 0 Å². The van der Waals surface area contributed by atoms with Gasteiger partial charge in [0.25, 0.3) is 0 Å². The Bertz CT molecular complexity index is 907. The van der Waals surface area contributed by atoms with Crippen molar-refractivity contribution in [3.8, 4) is 11.5 Å². The summed E-state index contributed by atoms with van der Waals surface area (Å²) in [6.45, 7) is 0. The molecule has 0 saturated heterocycles. The van der Waals surface area contributed by atoms with Gasteiger partial charge in [0, 0.05) is 21.8 Å². The number of carbonyl (C=O) groups excluding carboxylic acids is 2. The van der Waals surface area contributed by atoms with E-state index in [2.05, 4.69) is 0 Å². The van der Waals surface area contributed by atoms with Crippen molar-refractivity contribution in [3.63, 3.8) is 0 Å². The average molecular weight is 603 g/mol. The predicted molar refractivity (Wildman–Crippen MR) is 145 cm³/mol. The number of carbonyl (C=O) groups is 2. The second-order valence-electron chi connectivity index (χ2n) is 7.80. The van der Waals surface area contributed by atoms with Gasteiger partial charge < -0.3 is 9.47 Å². The third-order valence-corrected chi connectivity index (χ3v) is 7.05. The molecule has 0 aromatic heterocycles. The molecule has 2 rings (SSSR count). The van der Waals surface area contributed by atoms with E-state index < -0.39 is 22.7 Å². The predicted octanol–water partition coefficient (Wildman–Crippen LogP) is 8.23. The molecule has 0 bridgehead atoms. The maximum atomic E-state index is 11.9. The topological polar surface area (TPSA) is 52.6 Å². The largest absolute Gasteiger partial charge is 0.425 e. The Morgan fingerprint density at radius 3 is 1.43 bits per heavy atom. The van der Waals surface area contributed by atoms with E-state index in [-0.39, 0.29) is 11.8 Å². The number of unbranched alkanes of at least 4 members (excludes halogenated alkanes) is 2. The number of aryl methyl sites for hydroxylation is 2. The molecule has 2 atom stereocenters. The fourth-order valence-electron chi connectivity index (χ4n) is 3.18. The minimum absolute atomic E-state index is 0.278. The Labute approximate surface area is 236 Å². The van der Waals surface area contributed by atoms with Gasteiger partial charge in [0.1, 0.15) is 22.3 Å². The van der Waals surface area contributed by atoms with Gasteiger partial charge >= 0.3 is 11.9 Å². The normalized spacial score (nSPS) is 12.7. The summed E-state index contributed by atoms with van der Waals surface area (Å²) in [6, 6.07) is 10.4. The SMILES string of the molecule is O=C(Oc1ccc(CCCCCc2ccc(OC(=O)C(Cl)CCCl)cc2Cl)c(Cl)c1)C(Cl)CCCl. The van der Waals surface area contributed by atoms with Crippen LogP contribution in [0.3, 0.4) is 0 Å². The van der Waals surface area contributed by atoms with Crippen LogP contribution in [0, 0.1) is 0 Å². The molecule has 0 aliphatic heterocycles. The number of rotatable bonds is 14. The summed E-state index contributed by atoms with van der Waals surface area (Å²) in [7, 11) is 0. The molecule has 2 aromatic rings. The van der Waals surface area contributed by atoms with Crippen molar-refractivity contribution >= 4 is 81.5 Å².